The Labute approximate surface area is 169 Å². The first-order chi connectivity index (χ1) is 14.2. The van der Waals surface area contributed by atoms with Crippen LogP contribution < -0.4 is 14.9 Å². The number of ether oxygens (including phenoxy) is 3. The van der Waals surface area contributed by atoms with Crippen LogP contribution in [-0.2, 0) is 11.3 Å². The minimum absolute atomic E-state index is 0.0322. The summed E-state index contributed by atoms with van der Waals surface area (Å²) in [6.45, 7) is 4.43. The highest BCUT2D eigenvalue weighted by atomic mass is 16.5. The molecule has 0 saturated carbocycles. The van der Waals surface area contributed by atoms with Crippen molar-refractivity contribution < 1.29 is 14.2 Å². The van der Waals surface area contributed by atoms with Crippen LogP contribution in [0.25, 0.3) is 10.9 Å². The first-order valence-electron chi connectivity index (χ1n) is 10.1. The molecule has 1 aliphatic heterocycles. The topological polar surface area (TPSA) is 73.4 Å². The molecule has 0 radical (unpaired) electrons. The quantitative estimate of drug-likeness (QED) is 0.656. The van der Waals surface area contributed by atoms with Crippen molar-refractivity contribution in [3.63, 3.8) is 0 Å². The molecule has 0 spiro atoms. The van der Waals surface area contributed by atoms with E-state index in [1.165, 1.54) is 0 Å². The van der Waals surface area contributed by atoms with Gasteiger partial charge in [-0.25, -0.2) is 4.98 Å². The van der Waals surface area contributed by atoms with Crippen molar-refractivity contribution in [2.24, 2.45) is 5.92 Å². The Kier molecular flexibility index (Phi) is 6.10. The number of aromatic nitrogens is 2. The van der Waals surface area contributed by atoms with Crippen LogP contribution in [0.15, 0.2) is 47.4 Å². The second kappa shape index (κ2) is 9.09. The minimum atomic E-state index is 0.0322. The molecular formula is C23H26N2O4. The maximum Gasteiger partial charge on any atom is 0.216 e. The highest BCUT2D eigenvalue weighted by Crippen LogP contribution is 2.21. The van der Waals surface area contributed by atoms with Gasteiger partial charge in [-0.2, -0.15) is 0 Å². The van der Waals surface area contributed by atoms with E-state index in [0.29, 0.717) is 35.1 Å². The van der Waals surface area contributed by atoms with Gasteiger partial charge in [-0.1, -0.05) is 12.1 Å². The Morgan fingerprint density at radius 1 is 1.17 bits per heavy atom. The average Bonchev–Trinajstić information content (AvgIpc) is 2.76. The average molecular weight is 394 g/mol. The number of aromatic amines is 1. The number of benzene rings is 1. The first-order valence-corrected chi connectivity index (χ1v) is 10.1. The summed E-state index contributed by atoms with van der Waals surface area (Å²) in [5.41, 5.74) is 2.29. The molecule has 0 bridgehead atoms. The number of hydrogen-bond acceptors (Lipinski definition) is 5. The van der Waals surface area contributed by atoms with E-state index >= 15 is 0 Å². The monoisotopic (exact) mass is 394 g/mol. The van der Waals surface area contributed by atoms with Crippen LogP contribution in [0.4, 0.5) is 0 Å². The Morgan fingerprint density at radius 3 is 2.86 bits per heavy atom. The number of H-pyrrole nitrogens is 1. The third kappa shape index (κ3) is 4.77. The van der Waals surface area contributed by atoms with Crippen molar-refractivity contribution in [3.8, 4) is 11.6 Å². The zero-order valence-electron chi connectivity index (χ0n) is 16.6. The van der Waals surface area contributed by atoms with E-state index in [4.69, 9.17) is 14.2 Å². The minimum Gasteiger partial charge on any atom is -0.487 e. The Bertz CT molecular complexity index is 1020. The summed E-state index contributed by atoms with van der Waals surface area (Å²) in [6.07, 6.45) is 4.88. The zero-order valence-corrected chi connectivity index (χ0v) is 16.6. The summed E-state index contributed by atoms with van der Waals surface area (Å²) in [5, 5.41) is 0.692. The number of para-hydroxylation sites is 1. The largest absolute Gasteiger partial charge is 0.487 e. The summed E-state index contributed by atoms with van der Waals surface area (Å²) in [4.78, 5) is 20.1. The highest BCUT2D eigenvalue weighted by molar-refractivity contribution is 5.79. The Balaban J connectivity index is 1.37. The second-order valence-electron chi connectivity index (χ2n) is 7.41. The fourth-order valence-electron chi connectivity index (χ4n) is 3.61. The highest BCUT2D eigenvalue weighted by Gasteiger charge is 2.14. The van der Waals surface area contributed by atoms with Crippen LogP contribution in [0.3, 0.4) is 0 Å². The number of pyridine rings is 2. The number of rotatable bonds is 7. The molecule has 4 rings (SSSR count). The lowest BCUT2D eigenvalue weighted by Crippen LogP contribution is -2.17. The van der Waals surface area contributed by atoms with Crippen LogP contribution in [0.1, 0.15) is 30.5 Å². The molecule has 152 valence electrons. The van der Waals surface area contributed by atoms with Gasteiger partial charge in [0.15, 0.2) is 5.43 Å². The molecule has 3 aromatic rings. The van der Waals surface area contributed by atoms with E-state index in [9.17, 15) is 4.79 Å². The number of hydrogen-bond donors (Lipinski definition) is 1. The summed E-state index contributed by atoms with van der Waals surface area (Å²) in [5.74, 6) is 1.88. The Hall–Kier alpha value is -2.86. The van der Waals surface area contributed by atoms with Crippen LogP contribution in [0.5, 0.6) is 11.6 Å². The number of fused-ring (bicyclic) bond motifs is 1. The molecule has 1 saturated heterocycles. The lowest BCUT2D eigenvalue weighted by molar-refractivity contribution is 0.0591. The van der Waals surface area contributed by atoms with Gasteiger partial charge in [-0.3, -0.25) is 4.79 Å². The van der Waals surface area contributed by atoms with Crippen molar-refractivity contribution in [2.45, 2.75) is 32.8 Å². The first kappa shape index (κ1) is 19.5. The summed E-state index contributed by atoms with van der Waals surface area (Å²) >= 11 is 0. The van der Waals surface area contributed by atoms with E-state index in [1.54, 1.807) is 18.3 Å². The molecule has 1 N–H and O–H groups in total. The van der Waals surface area contributed by atoms with Crippen LogP contribution in [0.2, 0.25) is 0 Å². The second-order valence-corrected chi connectivity index (χ2v) is 7.41. The molecule has 0 amide bonds. The van der Waals surface area contributed by atoms with E-state index < -0.39 is 0 Å². The molecule has 3 heterocycles. The van der Waals surface area contributed by atoms with Gasteiger partial charge in [0.1, 0.15) is 12.4 Å². The molecule has 2 aromatic heterocycles. The van der Waals surface area contributed by atoms with Gasteiger partial charge >= 0.3 is 0 Å². The van der Waals surface area contributed by atoms with Gasteiger partial charge in [-0.15, -0.1) is 0 Å². The van der Waals surface area contributed by atoms with E-state index in [2.05, 4.69) is 9.97 Å². The third-order valence-corrected chi connectivity index (χ3v) is 5.46. The van der Waals surface area contributed by atoms with Gasteiger partial charge < -0.3 is 19.2 Å². The van der Waals surface area contributed by atoms with Crippen molar-refractivity contribution in [3.05, 3.63) is 64.1 Å². The fraction of sp³-hybridized carbons (Fsp3) is 0.391. The SMILES string of the molecule is Cc1c(COc2ccnc(OCCC3CCOCC3)c2)[nH]c2ccccc2c1=O. The van der Waals surface area contributed by atoms with Gasteiger partial charge in [0.25, 0.3) is 0 Å². The van der Waals surface area contributed by atoms with Crippen molar-refractivity contribution in [1.29, 1.82) is 0 Å². The molecular weight excluding hydrogens is 368 g/mol. The molecule has 1 aliphatic rings. The number of nitrogens with one attached hydrogen (secondary N) is 1. The molecule has 1 aromatic carbocycles. The Morgan fingerprint density at radius 2 is 2.00 bits per heavy atom. The maximum absolute atomic E-state index is 12.5. The van der Waals surface area contributed by atoms with E-state index in [0.717, 1.165) is 43.7 Å². The predicted octanol–water partition coefficient (Wildman–Crippen LogP) is 4.01. The van der Waals surface area contributed by atoms with Crippen molar-refractivity contribution in [1.82, 2.24) is 9.97 Å². The summed E-state index contributed by atoms with van der Waals surface area (Å²) in [6, 6.07) is 11.1. The van der Waals surface area contributed by atoms with Crippen molar-refractivity contribution in [2.75, 3.05) is 19.8 Å². The van der Waals surface area contributed by atoms with E-state index in [1.807, 2.05) is 31.2 Å². The van der Waals surface area contributed by atoms with Crippen LogP contribution in [-0.4, -0.2) is 29.8 Å². The zero-order chi connectivity index (χ0) is 20.1. The van der Waals surface area contributed by atoms with Crippen LogP contribution >= 0.6 is 0 Å². The van der Waals surface area contributed by atoms with Gasteiger partial charge in [-0.05, 0) is 50.3 Å². The van der Waals surface area contributed by atoms with Crippen molar-refractivity contribution >= 4 is 10.9 Å². The molecule has 0 unspecified atom stereocenters. The lowest BCUT2D eigenvalue weighted by atomic mass is 9.97. The maximum atomic E-state index is 12.5. The molecule has 6 nitrogen and oxygen atoms in total. The predicted molar refractivity (Wildman–Crippen MR) is 112 cm³/mol. The van der Waals surface area contributed by atoms with E-state index in [-0.39, 0.29) is 12.0 Å². The molecule has 29 heavy (non-hydrogen) atoms. The smallest absolute Gasteiger partial charge is 0.216 e. The summed E-state index contributed by atoms with van der Waals surface area (Å²) < 4.78 is 17.1. The molecule has 6 heteroatoms. The number of nitrogens with zero attached hydrogens (tertiary/aromatic N) is 1. The fourth-order valence-corrected chi connectivity index (χ4v) is 3.61. The van der Waals surface area contributed by atoms with Gasteiger partial charge in [0, 0.05) is 41.9 Å². The van der Waals surface area contributed by atoms with Crippen LogP contribution in [0, 0.1) is 12.8 Å². The normalized spacial score (nSPS) is 14.8. The lowest BCUT2D eigenvalue weighted by Gasteiger charge is -2.21. The van der Waals surface area contributed by atoms with Gasteiger partial charge in [0.05, 0.1) is 12.3 Å². The van der Waals surface area contributed by atoms with Gasteiger partial charge in [0.2, 0.25) is 5.88 Å². The third-order valence-electron chi connectivity index (χ3n) is 5.46. The molecule has 1 fully saturated rings. The molecule has 0 atom stereocenters. The summed E-state index contributed by atoms with van der Waals surface area (Å²) in [7, 11) is 0. The standard InChI is InChI=1S/C23H26N2O4/c1-16-21(25-20-5-3-2-4-19(20)23(16)26)15-29-18-6-10-24-22(14-18)28-13-9-17-7-11-27-12-8-17/h2-6,10,14,17H,7-9,11-13,15H2,1H3,(H,25,26). The molecule has 0 aliphatic carbocycles.